The number of rotatable bonds is 3. The molecule has 0 amide bonds. The van der Waals surface area contributed by atoms with Crippen LogP contribution in [0.3, 0.4) is 0 Å². The Morgan fingerprint density at radius 1 is 1.50 bits per heavy atom. The van der Waals surface area contributed by atoms with Crippen molar-refractivity contribution < 1.29 is 0 Å². The van der Waals surface area contributed by atoms with Gasteiger partial charge in [-0.1, -0.05) is 34.1 Å². The van der Waals surface area contributed by atoms with Crippen LogP contribution in [0.15, 0.2) is 41.4 Å². The van der Waals surface area contributed by atoms with Gasteiger partial charge in [-0.05, 0) is 17.7 Å². The van der Waals surface area contributed by atoms with Gasteiger partial charge in [-0.2, -0.15) is 5.26 Å². The molecule has 2 rings (SSSR count). The summed E-state index contributed by atoms with van der Waals surface area (Å²) in [6.07, 6.45) is 1.85. The van der Waals surface area contributed by atoms with E-state index in [2.05, 4.69) is 45.6 Å². The predicted molar refractivity (Wildman–Crippen MR) is 68.1 cm³/mol. The second-order valence-electron chi connectivity index (χ2n) is 3.97. The quantitative estimate of drug-likeness (QED) is 0.794. The maximum absolute atomic E-state index is 9.13. The zero-order valence-electron chi connectivity index (χ0n) is 8.94. The Labute approximate surface area is 104 Å². The standard InChI is InChI=1S/C13H13BrN2/c1-2-7-16-9-12(13(16)8-15)10-3-5-11(14)6-4-10/h2-6,12-13H,1,7,9H2/t12-,13-/m1/s1. The molecule has 1 heterocycles. The molecule has 0 unspecified atom stereocenters. The van der Waals surface area contributed by atoms with Crippen LogP contribution < -0.4 is 0 Å². The van der Waals surface area contributed by atoms with E-state index in [-0.39, 0.29) is 6.04 Å². The molecule has 1 saturated heterocycles. The molecule has 0 bridgehead atoms. The number of nitrogens with zero attached hydrogens (tertiary/aromatic N) is 2. The summed E-state index contributed by atoms with van der Waals surface area (Å²) in [6, 6.07) is 10.6. The Balaban J connectivity index is 2.10. The van der Waals surface area contributed by atoms with Crippen molar-refractivity contribution in [3.05, 3.63) is 47.0 Å². The molecule has 1 aromatic rings. The third kappa shape index (κ3) is 2.04. The van der Waals surface area contributed by atoms with Gasteiger partial charge < -0.3 is 0 Å². The van der Waals surface area contributed by atoms with Gasteiger partial charge >= 0.3 is 0 Å². The first-order valence-corrected chi connectivity index (χ1v) is 6.05. The van der Waals surface area contributed by atoms with Crippen LogP contribution in [0.4, 0.5) is 0 Å². The van der Waals surface area contributed by atoms with Gasteiger partial charge in [0.2, 0.25) is 0 Å². The van der Waals surface area contributed by atoms with E-state index in [0.29, 0.717) is 5.92 Å². The zero-order valence-corrected chi connectivity index (χ0v) is 10.5. The lowest BCUT2D eigenvalue weighted by atomic mass is 9.83. The molecule has 0 aliphatic carbocycles. The van der Waals surface area contributed by atoms with Crippen molar-refractivity contribution >= 4 is 15.9 Å². The van der Waals surface area contributed by atoms with Crippen molar-refractivity contribution in [2.24, 2.45) is 0 Å². The Morgan fingerprint density at radius 3 is 2.75 bits per heavy atom. The van der Waals surface area contributed by atoms with E-state index in [1.807, 2.05) is 18.2 Å². The van der Waals surface area contributed by atoms with Crippen LogP contribution in [0.2, 0.25) is 0 Å². The maximum atomic E-state index is 9.13. The number of hydrogen-bond acceptors (Lipinski definition) is 2. The summed E-state index contributed by atoms with van der Waals surface area (Å²) in [5, 5.41) is 9.13. The molecule has 0 saturated carbocycles. The molecule has 0 radical (unpaired) electrons. The monoisotopic (exact) mass is 276 g/mol. The van der Waals surface area contributed by atoms with Gasteiger partial charge in [0.05, 0.1) is 6.07 Å². The summed E-state index contributed by atoms with van der Waals surface area (Å²) in [6.45, 7) is 5.45. The van der Waals surface area contributed by atoms with E-state index in [4.69, 9.17) is 5.26 Å². The summed E-state index contributed by atoms with van der Waals surface area (Å²) in [5.74, 6) is 0.345. The second-order valence-corrected chi connectivity index (χ2v) is 4.89. The molecule has 16 heavy (non-hydrogen) atoms. The van der Waals surface area contributed by atoms with Crippen molar-refractivity contribution in [2.45, 2.75) is 12.0 Å². The van der Waals surface area contributed by atoms with Crippen LogP contribution in [-0.4, -0.2) is 24.0 Å². The fraction of sp³-hybridized carbons (Fsp3) is 0.308. The molecule has 0 aromatic heterocycles. The number of likely N-dealkylation sites (tertiary alicyclic amines) is 1. The summed E-state index contributed by atoms with van der Waals surface area (Å²) in [5.41, 5.74) is 1.25. The number of halogens is 1. The maximum Gasteiger partial charge on any atom is 0.106 e. The SMILES string of the molecule is C=CCN1C[C@H](c2ccc(Br)cc2)[C@H]1C#N. The summed E-state index contributed by atoms with van der Waals surface area (Å²) < 4.78 is 1.08. The van der Waals surface area contributed by atoms with Gasteiger partial charge in [0, 0.05) is 23.5 Å². The molecule has 2 nitrogen and oxygen atoms in total. The Bertz CT molecular complexity index is 419. The van der Waals surface area contributed by atoms with Crippen LogP contribution in [-0.2, 0) is 0 Å². The van der Waals surface area contributed by atoms with Crippen molar-refractivity contribution in [1.82, 2.24) is 4.90 Å². The van der Waals surface area contributed by atoms with Crippen LogP contribution in [0.5, 0.6) is 0 Å². The van der Waals surface area contributed by atoms with Gasteiger partial charge in [0.15, 0.2) is 0 Å². The molecule has 1 aliphatic rings. The van der Waals surface area contributed by atoms with Gasteiger partial charge in [-0.3, -0.25) is 4.90 Å². The van der Waals surface area contributed by atoms with E-state index in [0.717, 1.165) is 17.6 Å². The fourth-order valence-electron chi connectivity index (χ4n) is 2.11. The van der Waals surface area contributed by atoms with Crippen molar-refractivity contribution in [3.63, 3.8) is 0 Å². The van der Waals surface area contributed by atoms with E-state index < -0.39 is 0 Å². The second kappa shape index (κ2) is 4.82. The summed E-state index contributed by atoms with van der Waals surface area (Å²) in [7, 11) is 0. The molecule has 3 heteroatoms. The minimum Gasteiger partial charge on any atom is -0.283 e. The summed E-state index contributed by atoms with van der Waals surface area (Å²) in [4.78, 5) is 2.14. The highest BCUT2D eigenvalue weighted by Crippen LogP contribution is 2.34. The van der Waals surface area contributed by atoms with Crippen molar-refractivity contribution in [2.75, 3.05) is 13.1 Å². The van der Waals surface area contributed by atoms with Crippen LogP contribution >= 0.6 is 15.9 Å². The molecule has 82 valence electrons. The van der Waals surface area contributed by atoms with Gasteiger partial charge in [0.25, 0.3) is 0 Å². The lowest BCUT2D eigenvalue weighted by molar-refractivity contribution is 0.114. The van der Waals surface area contributed by atoms with Crippen molar-refractivity contribution in [3.8, 4) is 6.07 Å². The smallest absolute Gasteiger partial charge is 0.106 e. The Hall–Kier alpha value is -1.11. The Morgan fingerprint density at radius 2 is 2.19 bits per heavy atom. The lowest BCUT2D eigenvalue weighted by Crippen LogP contribution is -2.53. The molecular formula is C13H13BrN2. The average Bonchev–Trinajstić information content (AvgIpc) is 2.26. The first-order valence-electron chi connectivity index (χ1n) is 5.26. The largest absolute Gasteiger partial charge is 0.283 e. The molecule has 1 aliphatic heterocycles. The lowest BCUT2D eigenvalue weighted by Gasteiger charge is -2.44. The van der Waals surface area contributed by atoms with Gasteiger partial charge in [0.1, 0.15) is 6.04 Å². The van der Waals surface area contributed by atoms with Crippen LogP contribution in [0.25, 0.3) is 0 Å². The van der Waals surface area contributed by atoms with Crippen molar-refractivity contribution in [1.29, 1.82) is 5.26 Å². The fourth-order valence-corrected chi connectivity index (χ4v) is 2.37. The van der Waals surface area contributed by atoms with Crippen LogP contribution in [0.1, 0.15) is 11.5 Å². The molecular weight excluding hydrogens is 264 g/mol. The van der Waals surface area contributed by atoms with Gasteiger partial charge in [-0.15, -0.1) is 6.58 Å². The average molecular weight is 277 g/mol. The molecule has 0 spiro atoms. The number of benzene rings is 1. The minimum atomic E-state index is -0.000763. The summed E-state index contributed by atoms with van der Waals surface area (Å²) >= 11 is 3.41. The Kier molecular flexibility index (Phi) is 3.42. The van der Waals surface area contributed by atoms with Crippen LogP contribution in [0, 0.1) is 11.3 Å². The highest BCUT2D eigenvalue weighted by Gasteiger charge is 2.38. The third-order valence-corrected chi connectivity index (χ3v) is 3.53. The first-order chi connectivity index (χ1) is 7.76. The number of nitriles is 1. The molecule has 0 N–H and O–H groups in total. The van der Waals surface area contributed by atoms with E-state index >= 15 is 0 Å². The zero-order chi connectivity index (χ0) is 11.5. The van der Waals surface area contributed by atoms with Gasteiger partial charge in [-0.25, -0.2) is 0 Å². The number of hydrogen-bond donors (Lipinski definition) is 0. The van der Waals surface area contributed by atoms with E-state index in [9.17, 15) is 0 Å². The molecule has 1 aromatic carbocycles. The normalized spacial score (nSPS) is 24.5. The highest BCUT2D eigenvalue weighted by molar-refractivity contribution is 9.10. The minimum absolute atomic E-state index is 0.000763. The molecule has 1 fully saturated rings. The topological polar surface area (TPSA) is 27.0 Å². The molecule has 2 atom stereocenters. The van der Waals surface area contributed by atoms with E-state index in [1.54, 1.807) is 0 Å². The third-order valence-electron chi connectivity index (χ3n) is 3.00. The predicted octanol–water partition coefficient (Wildman–Crippen LogP) is 2.93. The highest BCUT2D eigenvalue weighted by atomic mass is 79.9. The first kappa shape index (κ1) is 11.4. The van der Waals surface area contributed by atoms with E-state index in [1.165, 1.54) is 5.56 Å².